The number of nitrogens with one attached hydrogen (secondary N) is 1. The van der Waals surface area contributed by atoms with Crippen molar-refractivity contribution in [1.29, 1.82) is 0 Å². The first-order valence-corrected chi connectivity index (χ1v) is 10.8. The fourth-order valence-corrected chi connectivity index (χ4v) is 3.97. The molecule has 1 aromatic carbocycles. The van der Waals surface area contributed by atoms with E-state index in [0.29, 0.717) is 24.9 Å². The number of aromatic nitrogens is 4. The minimum atomic E-state index is -0.0719. The summed E-state index contributed by atoms with van der Waals surface area (Å²) in [4.78, 5) is 18.7. The molecule has 0 atom stereocenters. The van der Waals surface area contributed by atoms with Crippen molar-refractivity contribution < 1.29 is 9.53 Å². The predicted octanol–water partition coefficient (Wildman–Crippen LogP) is 2.22. The maximum Gasteiger partial charge on any atom is 0.232 e. The second-order valence-electron chi connectivity index (χ2n) is 6.94. The van der Waals surface area contributed by atoms with E-state index in [1.54, 1.807) is 6.20 Å². The number of anilines is 1. The second-order valence-corrected chi connectivity index (χ2v) is 7.89. The summed E-state index contributed by atoms with van der Waals surface area (Å²) in [6.45, 7) is 5.32. The van der Waals surface area contributed by atoms with Crippen LogP contribution in [0.3, 0.4) is 0 Å². The van der Waals surface area contributed by atoms with Crippen LogP contribution >= 0.6 is 11.8 Å². The van der Waals surface area contributed by atoms with Gasteiger partial charge < -0.3 is 15.0 Å². The van der Waals surface area contributed by atoms with Gasteiger partial charge in [-0.05, 0) is 36.8 Å². The summed E-state index contributed by atoms with van der Waals surface area (Å²) in [7, 11) is 0. The molecule has 8 nitrogen and oxygen atoms in total. The Kier molecular flexibility index (Phi) is 6.60. The van der Waals surface area contributed by atoms with E-state index in [0.717, 1.165) is 36.0 Å². The Hall–Kier alpha value is -2.91. The highest BCUT2D eigenvalue weighted by Crippen LogP contribution is 2.27. The molecule has 2 aromatic heterocycles. The minimum Gasteiger partial charge on any atom is -0.378 e. The Morgan fingerprint density at radius 1 is 1.17 bits per heavy atom. The van der Waals surface area contributed by atoms with Gasteiger partial charge in [0, 0.05) is 19.3 Å². The Morgan fingerprint density at radius 3 is 2.80 bits per heavy atom. The van der Waals surface area contributed by atoms with Crippen molar-refractivity contribution in [2.24, 2.45) is 0 Å². The topological polar surface area (TPSA) is 85.2 Å². The zero-order valence-electron chi connectivity index (χ0n) is 16.8. The number of carbonyl (C=O) groups excluding carboxylic acids is 1. The molecule has 0 spiro atoms. The number of morpholine rings is 1. The normalized spacial score (nSPS) is 14.0. The molecule has 4 rings (SSSR count). The fourth-order valence-electron chi connectivity index (χ4n) is 3.19. The first kappa shape index (κ1) is 20.4. The van der Waals surface area contributed by atoms with Crippen LogP contribution in [-0.2, 0) is 16.1 Å². The average molecular weight is 425 g/mol. The third-order valence-electron chi connectivity index (χ3n) is 4.70. The van der Waals surface area contributed by atoms with Crippen LogP contribution in [0, 0.1) is 6.92 Å². The van der Waals surface area contributed by atoms with Crippen LogP contribution in [0.2, 0.25) is 0 Å². The molecular weight excluding hydrogens is 400 g/mol. The number of aryl methyl sites for hydroxylation is 1. The van der Waals surface area contributed by atoms with E-state index in [2.05, 4.69) is 44.5 Å². The predicted molar refractivity (Wildman–Crippen MR) is 116 cm³/mol. The van der Waals surface area contributed by atoms with E-state index in [4.69, 9.17) is 4.74 Å². The number of pyridine rings is 1. The van der Waals surface area contributed by atoms with Gasteiger partial charge in [0.25, 0.3) is 0 Å². The maximum atomic E-state index is 12.4. The summed E-state index contributed by atoms with van der Waals surface area (Å²) in [5.74, 6) is 0.956. The molecule has 9 heteroatoms. The van der Waals surface area contributed by atoms with Gasteiger partial charge in [0.15, 0.2) is 5.16 Å². The third-order valence-corrected chi connectivity index (χ3v) is 5.62. The van der Waals surface area contributed by atoms with E-state index in [9.17, 15) is 4.79 Å². The highest BCUT2D eigenvalue weighted by Gasteiger charge is 2.22. The van der Waals surface area contributed by atoms with Crippen molar-refractivity contribution >= 4 is 23.6 Å². The number of carbonyl (C=O) groups is 1. The van der Waals surface area contributed by atoms with Crippen molar-refractivity contribution in [1.82, 2.24) is 25.1 Å². The van der Waals surface area contributed by atoms with Crippen LogP contribution in [-0.4, -0.2) is 57.7 Å². The highest BCUT2D eigenvalue weighted by atomic mass is 32.2. The number of benzene rings is 1. The molecule has 156 valence electrons. The van der Waals surface area contributed by atoms with E-state index in [1.165, 1.54) is 11.8 Å². The lowest BCUT2D eigenvalue weighted by molar-refractivity contribution is -0.118. The maximum absolute atomic E-state index is 12.4. The van der Waals surface area contributed by atoms with Crippen molar-refractivity contribution in [3.63, 3.8) is 0 Å². The summed E-state index contributed by atoms with van der Waals surface area (Å²) >= 11 is 1.37. The number of amides is 1. The molecule has 0 unspecified atom stereocenters. The number of rotatable bonds is 7. The van der Waals surface area contributed by atoms with Crippen LogP contribution in [0.15, 0.2) is 53.8 Å². The van der Waals surface area contributed by atoms with Gasteiger partial charge in [-0.3, -0.25) is 14.3 Å². The van der Waals surface area contributed by atoms with Gasteiger partial charge in [-0.1, -0.05) is 30.0 Å². The van der Waals surface area contributed by atoms with E-state index in [-0.39, 0.29) is 11.7 Å². The van der Waals surface area contributed by atoms with Gasteiger partial charge in [-0.15, -0.1) is 10.2 Å². The van der Waals surface area contributed by atoms with E-state index < -0.39 is 0 Å². The van der Waals surface area contributed by atoms with Gasteiger partial charge >= 0.3 is 0 Å². The lowest BCUT2D eigenvalue weighted by Gasteiger charge is -2.28. The smallest absolute Gasteiger partial charge is 0.232 e. The van der Waals surface area contributed by atoms with Crippen LogP contribution in [0.4, 0.5) is 5.95 Å². The van der Waals surface area contributed by atoms with Gasteiger partial charge in [-0.25, -0.2) is 0 Å². The molecular formula is C21H24N6O2S. The number of thioether (sulfide) groups is 1. The molecule has 3 aromatic rings. The van der Waals surface area contributed by atoms with Gasteiger partial charge in [0.2, 0.25) is 11.9 Å². The van der Waals surface area contributed by atoms with E-state index in [1.807, 2.05) is 34.9 Å². The van der Waals surface area contributed by atoms with Crippen molar-refractivity contribution in [2.45, 2.75) is 18.6 Å². The molecule has 3 heterocycles. The fraction of sp³-hybridized carbons (Fsp3) is 0.333. The van der Waals surface area contributed by atoms with Gasteiger partial charge in [-0.2, -0.15) is 0 Å². The van der Waals surface area contributed by atoms with Crippen LogP contribution in [0.1, 0.15) is 11.3 Å². The third kappa shape index (κ3) is 4.98. The first-order valence-electron chi connectivity index (χ1n) is 9.85. The van der Waals surface area contributed by atoms with Crippen LogP contribution in [0.5, 0.6) is 0 Å². The molecule has 0 bridgehead atoms. The molecule has 1 fully saturated rings. The Balaban J connectivity index is 1.49. The summed E-state index contributed by atoms with van der Waals surface area (Å²) in [5.41, 5.74) is 2.96. The molecule has 1 amide bonds. The van der Waals surface area contributed by atoms with Crippen LogP contribution in [0.25, 0.3) is 5.69 Å². The number of ether oxygens (including phenoxy) is 1. The lowest BCUT2D eigenvalue weighted by atomic mass is 10.2. The molecule has 1 N–H and O–H groups in total. The van der Waals surface area contributed by atoms with Gasteiger partial charge in [0.1, 0.15) is 0 Å². The standard InChI is InChI=1S/C21H24N6O2S/c1-16-5-4-7-18(13-16)27-20(26-9-11-29-12-10-26)24-25-21(27)30-15-19(28)23-14-17-6-2-3-8-22-17/h2-8,13H,9-12,14-15H2,1H3,(H,23,28). The van der Waals surface area contributed by atoms with Crippen molar-refractivity contribution in [3.05, 3.63) is 59.9 Å². The molecule has 0 radical (unpaired) electrons. The summed E-state index contributed by atoms with van der Waals surface area (Å²) in [6.07, 6.45) is 1.72. The number of nitrogens with zero attached hydrogens (tertiary/aromatic N) is 5. The van der Waals surface area contributed by atoms with Crippen molar-refractivity contribution in [3.8, 4) is 5.69 Å². The zero-order valence-corrected chi connectivity index (χ0v) is 17.6. The first-order chi connectivity index (χ1) is 14.7. The molecule has 1 aliphatic rings. The van der Waals surface area contributed by atoms with Crippen LogP contribution < -0.4 is 10.2 Å². The average Bonchev–Trinajstić information content (AvgIpc) is 3.21. The van der Waals surface area contributed by atoms with E-state index >= 15 is 0 Å². The largest absolute Gasteiger partial charge is 0.378 e. The molecule has 0 aliphatic carbocycles. The Morgan fingerprint density at radius 2 is 2.03 bits per heavy atom. The van der Waals surface area contributed by atoms with Gasteiger partial charge in [0.05, 0.1) is 36.9 Å². The minimum absolute atomic E-state index is 0.0719. The zero-order chi connectivity index (χ0) is 20.8. The number of hydrogen-bond donors (Lipinski definition) is 1. The lowest BCUT2D eigenvalue weighted by Crippen LogP contribution is -2.37. The quantitative estimate of drug-likeness (QED) is 0.582. The number of hydrogen-bond acceptors (Lipinski definition) is 7. The Bertz CT molecular complexity index is 988. The summed E-state index contributed by atoms with van der Waals surface area (Å²) in [6, 6.07) is 13.8. The highest BCUT2D eigenvalue weighted by molar-refractivity contribution is 7.99. The molecule has 30 heavy (non-hydrogen) atoms. The monoisotopic (exact) mass is 424 g/mol. The molecule has 1 aliphatic heterocycles. The SMILES string of the molecule is Cc1cccc(-n2c(SCC(=O)NCc3ccccn3)nnc2N2CCOCC2)c1. The Labute approximate surface area is 179 Å². The molecule has 1 saturated heterocycles. The molecule has 0 saturated carbocycles. The van der Waals surface area contributed by atoms with Crippen molar-refractivity contribution in [2.75, 3.05) is 37.0 Å². The summed E-state index contributed by atoms with van der Waals surface area (Å²) < 4.78 is 7.50. The summed E-state index contributed by atoms with van der Waals surface area (Å²) in [5, 5.41) is 12.4. The second kappa shape index (κ2) is 9.73.